The molecule has 1 aromatic heterocycles. The summed E-state index contributed by atoms with van der Waals surface area (Å²) in [6.07, 6.45) is 1.88. The molecule has 0 saturated carbocycles. The van der Waals surface area contributed by atoms with Gasteiger partial charge in [-0.2, -0.15) is 0 Å². The number of amides is 2. The minimum absolute atomic E-state index is 0.362. The van der Waals surface area contributed by atoms with Gasteiger partial charge in [-0.05, 0) is 12.5 Å². The summed E-state index contributed by atoms with van der Waals surface area (Å²) >= 11 is 1.49. The monoisotopic (exact) mass is 421 g/mol. The Bertz CT molecular complexity index is 1050. The third-order valence-electron chi connectivity index (χ3n) is 4.68. The number of primary amides is 1. The number of unbranched alkanes of at least 4 members (excludes halogenated alkanes) is 1. The van der Waals surface area contributed by atoms with E-state index in [9.17, 15) is 14.4 Å². The highest BCUT2D eigenvalue weighted by atomic mass is 32.1. The molecule has 0 saturated heterocycles. The van der Waals surface area contributed by atoms with Crippen LogP contribution in [0.2, 0.25) is 0 Å². The van der Waals surface area contributed by atoms with E-state index >= 15 is 0 Å². The Morgan fingerprint density at radius 2 is 1.77 bits per heavy atom. The first-order valence-electron chi connectivity index (χ1n) is 9.76. The SMILES string of the molecule is CCCCC(NC(=O)c1ccccc1-c1csc(-c2ccccc2)n1)C(=O)C(N)=O. The topological polar surface area (TPSA) is 102 Å². The molecule has 2 amide bonds. The summed E-state index contributed by atoms with van der Waals surface area (Å²) in [5.74, 6) is -2.26. The van der Waals surface area contributed by atoms with Crippen molar-refractivity contribution in [3.05, 3.63) is 65.5 Å². The van der Waals surface area contributed by atoms with Crippen LogP contribution in [0.25, 0.3) is 21.8 Å². The number of benzene rings is 2. The first-order chi connectivity index (χ1) is 14.5. The maximum absolute atomic E-state index is 13.0. The van der Waals surface area contributed by atoms with E-state index in [1.54, 1.807) is 12.1 Å². The van der Waals surface area contributed by atoms with E-state index in [0.29, 0.717) is 29.7 Å². The molecule has 0 spiro atoms. The summed E-state index contributed by atoms with van der Waals surface area (Å²) in [4.78, 5) is 41.2. The van der Waals surface area contributed by atoms with Crippen LogP contribution in [0.3, 0.4) is 0 Å². The molecule has 3 rings (SSSR count). The Morgan fingerprint density at radius 1 is 1.07 bits per heavy atom. The highest BCUT2D eigenvalue weighted by Crippen LogP contribution is 2.30. The summed E-state index contributed by atoms with van der Waals surface area (Å²) in [7, 11) is 0. The summed E-state index contributed by atoms with van der Waals surface area (Å²) in [5, 5.41) is 5.44. The zero-order chi connectivity index (χ0) is 21.5. The Morgan fingerprint density at radius 3 is 2.47 bits per heavy atom. The van der Waals surface area contributed by atoms with E-state index in [0.717, 1.165) is 17.0 Å². The Balaban J connectivity index is 1.87. The van der Waals surface area contributed by atoms with Gasteiger partial charge in [-0.1, -0.05) is 68.3 Å². The Kier molecular flexibility index (Phi) is 7.08. The van der Waals surface area contributed by atoms with Crippen LogP contribution in [0.15, 0.2) is 60.0 Å². The average molecular weight is 422 g/mol. The second-order valence-corrected chi connectivity index (χ2v) is 7.70. The van der Waals surface area contributed by atoms with E-state index in [1.165, 1.54) is 11.3 Å². The number of Topliss-reactive ketones (excluding diaryl/α,β-unsaturated/α-hetero) is 1. The van der Waals surface area contributed by atoms with Gasteiger partial charge in [0.1, 0.15) is 5.01 Å². The maximum Gasteiger partial charge on any atom is 0.287 e. The number of nitrogens with two attached hydrogens (primary N) is 1. The molecule has 0 aliphatic carbocycles. The van der Waals surface area contributed by atoms with Gasteiger partial charge in [0.05, 0.1) is 11.7 Å². The standard InChI is InChI=1S/C23H23N3O3S/c1-2-3-13-18(20(27)21(24)28)25-22(29)17-12-8-7-11-16(17)19-14-30-23(26-19)15-9-5-4-6-10-15/h4-12,14,18H,2-3,13H2,1H3,(H2,24,28)(H,25,29). The highest BCUT2D eigenvalue weighted by Gasteiger charge is 2.26. The van der Waals surface area contributed by atoms with Crippen molar-refractivity contribution in [1.29, 1.82) is 0 Å². The van der Waals surface area contributed by atoms with Gasteiger partial charge in [0, 0.05) is 22.1 Å². The van der Waals surface area contributed by atoms with Gasteiger partial charge >= 0.3 is 0 Å². The van der Waals surface area contributed by atoms with Crippen LogP contribution < -0.4 is 11.1 Å². The van der Waals surface area contributed by atoms with Crippen LogP contribution in [0.5, 0.6) is 0 Å². The number of thiazole rings is 1. The first kappa shape index (κ1) is 21.4. The molecule has 0 radical (unpaired) electrons. The molecule has 1 atom stereocenters. The minimum atomic E-state index is -1.04. The van der Waals surface area contributed by atoms with Crippen molar-refractivity contribution in [3.63, 3.8) is 0 Å². The average Bonchev–Trinajstić information content (AvgIpc) is 3.26. The molecule has 2 aromatic carbocycles. The van der Waals surface area contributed by atoms with E-state index < -0.39 is 23.6 Å². The molecule has 0 bridgehead atoms. The number of nitrogens with zero attached hydrogens (tertiary/aromatic N) is 1. The van der Waals surface area contributed by atoms with Crippen molar-refractivity contribution in [1.82, 2.24) is 10.3 Å². The van der Waals surface area contributed by atoms with Gasteiger partial charge in [0.15, 0.2) is 0 Å². The lowest BCUT2D eigenvalue weighted by Gasteiger charge is -2.17. The van der Waals surface area contributed by atoms with E-state index in [1.807, 2.05) is 54.8 Å². The fourth-order valence-electron chi connectivity index (χ4n) is 3.10. The van der Waals surface area contributed by atoms with Gasteiger partial charge in [-0.15, -0.1) is 11.3 Å². The number of carbonyl (C=O) groups is 3. The molecular weight excluding hydrogens is 398 g/mol. The van der Waals surface area contributed by atoms with Gasteiger partial charge in [-0.25, -0.2) is 4.98 Å². The third kappa shape index (κ3) is 4.99. The number of carbonyl (C=O) groups excluding carboxylic acids is 3. The summed E-state index contributed by atoms with van der Waals surface area (Å²) < 4.78 is 0. The molecule has 0 fully saturated rings. The highest BCUT2D eigenvalue weighted by molar-refractivity contribution is 7.13. The summed E-state index contributed by atoms with van der Waals surface area (Å²) in [5.41, 5.74) is 7.88. The lowest BCUT2D eigenvalue weighted by molar-refractivity contribution is -0.137. The first-order valence-corrected chi connectivity index (χ1v) is 10.6. The smallest absolute Gasteiger partial charge is 0.287 e. The second-order valence-electron chi connectivity index (χ2n) is 6.85. The van der Waals surface area contributed by atoms with Gasteiger partial charge < -0.3 is 11.1 Å². The van der Waals surface area contributed by atoms with Crippen LogP contribution in [0, 0.1) is 0 Å². The fourth-order valence-corrected chi connectivity index (χ4v) is 3.93. The molecule has 0 aliphatic rings. The van der Waals surface area contributed by atoms with Crippen LogP contribution in [-0.4, -0.2) is 28.6 Å². The van der Waals surface area contributed by atoms with E-state index in [4.69, 9.17) is 5.73 Å². The van der Waals surface area contributed by atoms with Gasteiger partial charge in [0.2, 0.25) is 5.78 Å². The zero-order valence-electron chi connectivity index (χ0n) is 16.6. The predicted molar refractivity (Wildman–Crippen MR) is 118 cm³/mol. The zero-order valence-corrected chi connectivity index (χ0v) is 17.4. The Labute approximate surface area is 179 Å². The third-order valence-corrected chi connectivity index (χ3v) is 5.57. The predicted octanol–water partition coefficient (Wildman–Crippen LogP) is 3.82. The van der Waals surface area contributed by atoms with Crippen molar-refractivity contribution in [2.24, 2.45) is 5.73 Å². The summed E-state index contributed by atoms with van der Waals surface area (Å²) in [6.45, 7) is 1.97. The molecule has 154 valence electrons. The van der Waals surface area contributed by atoms with Crippen molar-refractivity contribution in [3.8, 4) is 21.8 Å². The largest absolute Gasteiger partial charge is 0.363 e. The second kappa shape index (κ2) is 9.93. The van der Waals surface area contributed by atoms with Gasteiger partial charge in [-0.3, -0.25) is 14.4 Å². The molecule has 1 unspecified atom stereocenters. The number of nitrogens with one attached hydrogen (secondary N) is 1. The number of hydrogen-bond donors (Lipinski definition) is 2. The Hall–Kier alpha value is -3.32. The van der Waals surface area contributed by atoms with E-state index in [2.05, 4.69) is 10.3 Å². The van der Waals surface area contributed by atoms with Crippen LogP contribution >= 0.6 is 11.3 Å². The van der Waals surface area contributed by atoms with Crippen molar-refractivity contribution in [2.45, 2.75) is 32.2 Å². The van der Waals surface area contributed by atoms with Crippen LogP contribution in [-0.2, 0) is 9.59 Å². The fraction of sp³-hybridized carbons (Fsp3) is 0.217. The summed E-state index contributed by atoms with van der Waals surface area (Å²) in [6, 6.07) is 15.9. The van der Waals surface area contributed by atoms with Crippen molar-refractivity contribution < 1.29 is 14.4 Å². The minimum Gasteiger partial charge on any atom is -0.363 e. The lowest BCUT2D eigenvalue weighted by Crippen LogP contribution is -2.46. The molecule has 30 heavy (non-hydrogen) atoms. The van der Waals surface area contributed by atoms with Crippen molar-refractivity contribution >= 4 is 28.9 Å². The van der Waals surface area contributed by atoms with Crippen molar-refractivity contribution in [2.75, 3.05) is 0 Å². The maximum atomic E-state index is 13.0. The van der Waals surface area contributed by atoms with Crippen LogP contribution in [0.1, 0.15) is 36.5 Å². The molecule has 7 heteroatoms. The lowest BCUT2D eigenvalue weighted by atomic mass is 10.0. The van der Waals surface area contributed by atoms with Gasteiger partial charge in [0.25, 0.3) is 11.8 Å². The van der Waals surface area contributed by atoms with Crippen LogP contribution in [0.4, 0.5) is 0 Å². The normalized spacial score (nSPS) is 11.6. The molecule has 0 aliphatic heterocycles. The molecule has 1 heterocycles. The molecular formula is C23H23N3O3S. The molecule has 6 nitrogen and oxygen atoms in total. The number of hydrogen-bond acceptors (Lipinski definition) is 5. The quantitative estimate of drug-likeness (QED) is 0.513. The number of rotatable bonds is 9. The molecule has 3 N–H and O–H groups in total. The molecule has 3 aromatic rings. The van der Waals surface area contributed by atoms with E-state index in [-0.39, 0.29) is 0 Å². The number of aromatic nitrogens is 1. The number of ketones is 1.